The van der Waals surface area contributed by atoms with Gasteiger partial charge in [0, 0.05) is 7.05 Å². The van der Waals surface area contributed by atoms with E-state index in [1.165, 1.54) is 4.31 Å². The molecule has 112 valence electrons. The molecule has 0 amide bonds. The van der Waals surface area contributed by atoms with E-state index in [1.807, 2.05) is 32.0 Å². The molecule has 0 bridgehead atoms. The molecule has 0 fully saturated rings. The molecule has 0 aliphatic heterocycles. The molecule has 4 nitrogen and oxygen atoms in total. The predicted octanol–water partition coefficient (Wildman–Crippen LogP) is 3.14. The van der Waals surface area contributed by atoms with E-state index in [9.17, 15) is 8.42 Å². The first-order chi connectivity index (χ1) is 9.86. The number of benzene rings is 2. The number of nitrogens with zero attached hydrogens (tertiary/aromatic N) is 1. The van der Waals surface area contributed by atoms with E-state index < -0.39 is 10.0 Å². The lowest BCUT2D eigenvalue weighted by Crippen LogP contribution is -2.26. The first-order valence-electron chi connectivity index (χ1n) is 6.56. The summed E-state index contributed by atoms with van der Waals surface area (Å²) < 4.78 is 31.6. The molecule has 0 atom stereocenters. The van der Waals surface area contributed by atoms with E-state index in [1.54, 1.807) is 38.4 Å². The van der Waals surface area contributed by atoms with Gasteiger partial charge >= 0.3 is 0 Å². The summed E-state index contributed by atoms with van der Waals surface area (Å²) in [5.41, 5.74) is 2.84. The van der Waals surface area contributed by atoms with Gasteiger partial charge in [-0.2, -0.15) is 0 Å². The Morgan fingerprint density at radius 3 is 2.10 bits per heavy atom. The minimum Gasteiger partial charge on any atom is -0.497 e. The summed E-state index contributed by atoms with van der Waals surface area (Å²) in [6, 6.07) is 12.0. The quantitative estimate of drug-likeness (QED) is 0.872. The molecule has 0 saturated heterocycles. The van der Waals surface area contributed by atoms with E-state index in [0.717, 1.165) is 11.1 Å². The fraction of sp³-hybridized carbons (Fsp3) is 0.250. The summed E-state index contributed by atoms with van der Waals surface area (Å²) in [6.07, 6.45) is 0. The third-order valence-corrected chi connectivity index (χ3v) is 5.37. The number of aryl methyl sites for hydroxylation is 2. The second-order valence-corrected chi connectivity index (χ2v) is 6.89. The van der Waals surface area contributed by atoms with Crippen LogP contribution in [0.15, 0.2) is 47.4 Å². The van der Waals surface area contributed by atoms with Crippen molar-refractivity contribution in [2.45, 2.75) is 18.7 Å². The summed E-state index contributed by atoms with van der Waals surface area (Å²) in [6.45, 7) is 3.96. The van der Waals surface area contributed by atoms with Crippen LogP contribution >= 0.6 is 0 Å². The van der Waals surface area contributed by atoms with Gasteiger partial charge in [-0.1, -0.05) is 6.07 Å². The predicted molar refractivity (Wildman–Crippen MR) is 84.5 cm³/mol. The van der Waals surface area contributed by atoms with Gasteiger partial charge in [0.25, 0.3) is 10.0 Å². The normalized spacial score (nSPS) is 11.2. The molecule has 2 aromatic rings. The Labute approximate surface area is 126 Å². The van der Waals surface area contributed by atoms with E-state index in [4.69, 9.17) is 4.74 Å². The molecule has 0 radical (unpaired) electrons. The highest BCUT2D eigenvalue weighted by Crippen LogP contribution is 2.25. The lowest BCUT2D eigenvalue weighted by atomic mass is 10.1. The van der Waals surface area contributed by atoms with Crippen molar-refractivity contribution in [3.05, 3.63) is 53.6 Å². The summed E-state index contributed by atoms with van der Waals surface area (Å²) in [4.78, 5) is 0.240. The molecule has 0 saturated carbocycles. The molecule has 0 aromatic heterocycles. The number of ether oxygens (including phenoxy) is 1. The summed E-state index contributed by atoms with van der Waals surface area (Å²) in [7, 11) is -0.463. The zero-order chi connectivity index (χ0) is 15.6. The van der Waals surface area contributed by atoms with E-state index in [2.05, 4.69) is 0 Å². The number of methoxy groups -OCH3 is 1. The third kappa shape index (κ3) is 3.03. The Bertz CT molecular complexity index is 737. The van der Waals surface area contributed by atoms with Gasteiger partial charge in [0.05, 0.1) is 17.7 Å². The van der Waals surface area contributed by atoms with E-state index >= 15 is 0 Å². The number of hydrogen-bond acceptors (Lipinski definition) is 3. The Hall–Kier alpha value is -2.01. The molecular weight excluding hydrogens is 286 g/mol. The standard InChI is InChI=1S/C16H19NO3S/c1-12-5-6-14(11-13(12)2)17(3)21(18,19)16-9-7-15(20-4)8-10-16/h5-11H,1-4H3. The topological polar surface area (TPSA) is 46.6 Å². The van der Waals surface area contributed by atoms with Crippen molar-refractivity contribution in [2.75, 3.05) is 18.5 Å². The maximum absolute atomic E-state index is 12.6. The Morgan fingerprint density at radius 2 is 1.57 bits per heavy atom. The fourth-order valence-corrected chi connectivity index (χ4v) is 3.15. The molecule has 0 unspecified atom stereocenters. The fourth-order valence-electron chi connectivity index (χ4n) is 1.97. The van der Waals surface area contributed by atoms with Crippen LogP contribution in [-0.2, 0) is 10.0 Å². The van der Waals surface area contributed by atoms with Crippen LogP contribution in [0.2, 0.25) is 0 Å². The van der Waals surface area contributed by atoms with Crippen LogP contribution in [0.5, 0.6) is 5.75 Å². The van der Waals surface area contributed by atoms with Crippen molar-refractivity contribution >= 4 is 15.7 Å². The highest BCUT2D eigenvalue weighted by molar-refractivity contribution is 7.92. The van der Waals surface area contributed by atoms with Crippen LogP contribution in [0.3, 0.4) is 0 Å². The van der Waals surface area contributed by atoms with Crippen molar-refractivity contribution in [1.29, 1.82) is 0 Å². The summed E-state index contributed by atoms with van der Waals surface area (Å²) >= 11 is 0. The Kier molecular flexibility index (Phi) is 4.23. The van der Waals surface area contributed by atoms with Crippen molar-refractivity contribution in [1.82, 2.24) is 0 Å². The minimum atomic E-state index is -3.57. The number of hydrogen-bond donors (Lipinski definition) is 0. The first kappa shape index (κ1) is 15.4. The highest BCUT2D eigenvalue weighted by Gasteiger charge is 2.21. The van der Waals surface area contributed by atoms with Gasteiger partial charge in [-0.05, 0) is 61.4 Å². The van der Waals surface area contributed by atoms with Crippen molar-refractivity contribution in [2.24, 2.45) is 0 Å². The van der Waals surface area contributed by atoms with Crippen molar-refractivity contribution in [3.8, 4) is 5.75 Å². The van der Waals surface area contributed by atoms with Gasteiger partial charge in [-0.15, -0.1) is 0 Å². The molecule has 5 heteroatoms. The molecule has 0 N–H and O–H groups in total. The van der Waals surface area contributed by atoms with Crippen LogP contribution in [0, 0.1) is 13.8 Å². The van der Waals surface area contributed by atoms with Crippen LogP contribution in [0.25, 0.3) is 0 Å². The van der Waals surface area contributed by atoms with Crippen LogP contribution in [-0.4, -0.2) is 22.6 Å². The van der Waals surface area contributed by atoms with Crippen molar-refractivity contribution < 1.29 is 13.2 Å². The largest absolute Gasteiger partial charge is 0.497 e. The van der Waals surface area contributed by atoms with Crippen LogP contribution < -0.4 is 9.04 Å². The molecule has 0 aliphatic rings. The maximum atomic E-state index is 12.6. The van der Waals surface area contributed by atoms with E-state index in [0.29, 0.717) is 11.4 Å². The number of anilines is 1. The third-order valence-electron chi connectivity index (χ3n) is 3.57. The SMILES string of the molecule is COc1ccc(S(=O)(=O)N(C)c2ccc(C)c(C)c2)cc1. The Balaban J connectivity index is 2.39. The van der Waals surface area contributed by atoms with Gasteiger partial charge < -0.3 is 4.74 Å². The smallest absolute Gasteiger partial charge is 0.264 e. The molecule has 0 heterocycles. The Morgan fingerprint density at radius 1 is 0.952 bits per heavy atom. The average Bonchev–Trinajstić information content (AvgIpc) is 2.49. The summed E-state index contributed by atoms with van der Waals surface area (Å²) in [5, 5.41) is 0. The second-order valence-electron chi connectivity index (χ2n) is 4.92. The molecule has 2 aromatic carbocycles. The maximum Gasteiger partial charge on any atom is 0.264 e. The lowest BCUT2D eigenvalue weighted by Gasteiger charge is -2.20. The summed E-state index contributed by atoms with van der Waals surface area (Å²) in [5.74, 6) is 0.628. The molecule has 21 heavy (non-hydrogen) atoms. The zero-order valence-electron chi connectivity index (χ0n) is 12.6. The van der Waals surface area contributed by atoms with Gasteiger partial charge in [0.15, 0.2) is 0 Å². The van der Waals surface area contributed by atoms with Gasteiger partial charge in [-0.25, -0.2) is 8.42 Å². The van der Waals surface area contributed by atoms with E-state index in [-0.39, 0.29) is 4.90 Å². The van der Waals surface area contributed by atoms with Gasteiger partial charge in [-0.3, -0.25) is 4.31 Å². The molecule has 2 rings (SSSR count). The monoisotopic (exact) mass is 305 g/mol. The number of sulfonamides is 1. The molecule has 0 aliphatic carbocycles. The molecule has 0 spiro atoms. The molecular formula is C16H19NO3S. The zero-order valence-corrected chi connectivity index (χ0v) is 13.4. The number of rotatable bonds is 4. The van der Waals surface area contributed by atoms with Gasteiger partial charge in [0.2, 0.25) is 0 Å². The minimum absolute atomic E-state index is 0.240. The van der Waals surface area contributed by atoms with Gasteiger partial charge in [0.1, 0.15) is 5.75 Å². The van der Waals surface area contributed by atoms with Crippen LogP contribution in [0.1, 0.15) is 11.1 Å². The highest BCUT2D eigenvalue weighted by atomic mass is 32.2. The first-order valence-corrected chi connectivity index (χ1v) is 8.00. The lowest BCUT2D eigenvalue weighted by molar-refractivity contribution is 0.414. The van der Waals surface area contributed by atoms with Crippen LogP contribution in [0.4, 0.5) is 5.69 Å². The average molecular weight is 305 g/mol. The second kappa shape index (κ2) is 5.77. The van der Waals surface area contributed by atoms with Crippen molar-refractivity contribution in [3.63, 3.8) is 0 Å².